The van der Waals surface area contributed by atoms with E-state index in [9.17, 15) is 9.59 Å². The smallest absolute Gasteiger partial charge is 0.293 e. The number of imide groups is 1. The van der Waals surface area contributed by atoms with Crippen molar-refractivity contribution in [2.75, 3.05) is 6.61 Å². The van der Waals surface area contributed by atoms with Gasteiger partial charge in [0.05, 0.1) is 21.6 Å². The molecular formula is C30H23I2NO4S. The summed E-state index contributed by atoms with van der Waals surface area (Å²) in [4.78, 5) is 27.4. The molecule has 0 bridgehead atoms. The molecule has 4 aromatic carbocycles. The van der Waals surface area contributed by atoms with Crippen molar-refractivity contribution in [1.29, 1.82) is 0 Å². The number of carbonyl (C=O) groups is 2. The van der Waals surface area contributed by atoms with Crippen LogP contribution in [0.5, 0.6) is 11.5 Å². The first kappa shape index (κ1) is 27.0. The molecule has 1 aliphatic heterocycles. The number of ether oxygens (including phenoxy) is 2. The van der Waals surface area contributed by atoms with E-state index in [0.717, 1.165) is 41.0 Å². The van der Waals surface area contributed by atoms with Crippen LogP contribution in [0.2, 0.25) is 0 Å². The topological polar surface area (TPSA) is 55.8 Å². The first-order valence-corrected chi connectivity index (χ1v) is 15.0. The first-order valence-electron chi connectivity index (χ1n) is 12.0. The van der Waals surface area contributed by atoms with Crippen LogP contribution in [-0.2, 0) is 17.9 Å². The van der Waals surface area contributed by atoms with Crippen molar-refractivity contribution in [2.45, 2.75) is 20.1 Å². The molecule has 5 nitrogen and oxygen atoms in total. The standard InChI is InChI=1S/C30H23I2NO4S/c1-2-36-26-15-20(16-27-29(34)33(30(35)38-27)17-19-10-12-23(31)13-11-19)14-25(32)28(26)37-18-22-8-5-7-21-6-3-4-9-24(21)22/h3-16H,2,17-18H2,1H3/b27-16+. The quantitative estimate of drug-likeness (QED) is 0.134. The highest BCUT2D eigenvalue weighted by molar-refractivity contribution is 14.1. The normalized spacial score (nSPS) is 14.5. The Balaban J connectivity index is 1.38. The third-order valence-electron chi connectivity index (χ3n) is 6.01. The van der Waals surface area contributed by atoms with Crippen molar-refractivity contribution in [3.63, 3.8) is 0 Å². The van der Waals surface area contributed by atoms with E-state index < -0.39 is 0 Å². The largest absolute Gasteiger partial charge is 0.490 e. The SMILES string of the molecule is CCOc1cc(/C=C2/SC(=O)N(Cc3ccc(I)cc3)C2=O)cc(I)c1OCc1cccc2ccccc12. The molecule has 0 aliphatic carbocycles. The van der Waals surface area contributed by atoms with Crippen molar-refractivity contribution in [3.8, 4) is 11.5 Å². The molecule has 192 valence electrons. The Morgan fingerprint density at radius 1 is 0.921 bits per heavy atom. The number of hydrogen-bond donors (Lipinski definition) is 0. The third-order valence-corrected chi connectivity index (χ3v) is 8.44. The molecule has 8 heteroatoms. The second-order valence-corrected chi connectivity index (χ2v) is 12.0. The molecule has 0 unspecified atom stereocenters. The van der Waals surface area contributed by atoms with Gasteiger partial charge in [0.25, 0.3) is 11.1 Å². The van der Waals surface area contributed by atoms with E-state index in [-0.39, 0.29) is 17.7 Å². The molecule has 1 heterocycles. The fourth-order valence-corrected chi connectivity index (χ4v) is 6.18. The van der Waals surface area contributed by atoms with Crippen LogP contribution in [0.3, 0.4) is 0 Å². The minimum absolute atomic E-state index is 0.252. The van der Waals surface area contributed by atoms with Crippen molar-refractivity contribution in [1.82, 2.24) is 4.90 Å². The zero-order valence-electron chi connectivity index (χ0n) is 20.4. The monoisotopic (exact) mass is 747 g/mol. The lowest BCUT2D eigenvalue weighted by Crippen LogP contribution is -2.27. The van der Waals surface area contributed by atoms with Gasteiger partial charge in [-0.15, -0.1) is 0 Å². The average molecular weight is 747 g/mol. The summed E-state index contributed by atoms with van der Waals surface area (Å²) >= 11 is 5.41. The van der Waals surface area contributed by atoms with E-state index in [1.807, 2.05) is 61.5 Å². The number of carbonyl (C=O) groups excluding carboxylic acids is 2. The van der Waals surface area contributed by atoms with Crippen LogP contribution in [0.15, 0.2) is 83.8 Å². The van der Waals surface area contributed by atoms with Gasteiger partial charge in [-0.25, -0.2) is 0 Å². The van der Waals surface area contributed by atoms with Crippen LogP contribution in [0.25, 0.3) is 16.8 Å². The molecule has 5 rings (SSSR count). The van der Waals surface area contributed by atoms with Gasteiger partial charge in [0.2, 0.25) is 0 Å². The maximum Gasteiger partial charge on any atom is 0.293 e. The second-order valence-electron chi connectivity index (χ2n) is 8.58. The fourth-order valence-electron chi connectivity index (χ4n) is 4.20. The zero-order valence-corrected chi connectivity index (χ0v) is 25.6. The van der Waals surface area contributed by atoms with Gasteiger partial charge < -0.3 is 9.47 Å². The molecule has 0 saturated carbocycles. The summed E-state index contributed by atoms with van der Waals surface area (Å²) in [5, 5.41) is 2.05. The number of benzene rings is 4. The van der Waals surface area contributed by atoms with Crippen LogP contribution < -0.4 is 9.47 Å². The fraction of sp³-hybridized carbons (Fsp3) is 0.133. The molecule has 38 heavy (non-hydrogen) atoms. The highest BCUT2D eigenvalue weighted by Gasteiger charge is 2.35. The number of rotatable bonds is 8. The molecule has 0 atom stereocenters. The van der Waals surface area contributed by atoms with Gasteiger partial charge in [0.1, 0.15) is 6.61 Å². The summed E-state index contributed by atoms with van der Waals surface area (Å²) in [6.07, 6.45) is 1.75. The summed E-state index contributed by atoms with van der Waals surface area (Å²) in [6.45, 7) is 3.04. The molecule has 1 saturated heterocycles. The summed E-state index contributed by atoms with van der Waals surface area (Å²) in [5.74, 6) is 0.969. The highest BCUT2D eigenvalue weighted by Crippen LogP contribution is 2.38. The van der Waals surface area contributed by atoms with Gasteiger partial charge in [-0.1, -0.05) is 54.6 Å². The maximum atomic E-state index is 13.1. The molecule has 2 amide bonds. The number of fused-ring (bicyclic) bond motifs is 1. The van der Waals surface area contributed by atoms with Crippen molar-refractivity contribution in [3.05, 3.63) is 108 Å². The van der Waals surface area contributed by atoms with Gasteiger partial charge in [0.15, 0.2) is 11.5 Å². The molecule has 0 radical (unpaired) electrons. The third kappa shape index (κ3) is 6.02. The van der Waals surface area contributed by atoms with Crippen molar-refractivity contribution in [2.24, 2.45) is 0 Å². The minimum Gasteiger partial charge on any atom is -0.490 e. The van der Waals surface area contributed by atoms with Crippen molar-refractivity contribution < 1.29 is 19.1 Å². The van der Waals surface area contributed by atoms with E-state index >= 15 is 0 Å². The van der Waals surface area contributed by atoms with E-state index in [0.29, 0.717) is 29.6 Å². The van der Waals surface area contributed by atoms with Crippen LogP contribution in [0.4, 0.5) is 4.79 Å². The molecule has 1 aliphatic rings. The van der Waals surface area contributed by atoms with Crippen LogP contribution in [0, 0.1) is 7.14 Å². The zero-order chi connectivity index (χ0) is 26.6. The lowest BCUT2D eigenvalue weighted by Gasteiger charge is -2.16. The van der Waals surface area contributed by atoms with Gasteiger partial charge >= 0.3 is 0 Å². The van der Waals surface area contributed by atoms with Crippen molar-refractivity contribution >= 4 is 84.9 Å². The average Bonchev–Trinajstić information content (AvgIpc) is 3.17. The predicted octanol–water partition coefficient (Wildman–Crippen LogP) is 8.26. The predicted molar refractivity (Wildman–Crippen MR) is 169 cm³/mol. The van der Waals surface area contributed by atoms with Crippen LogP contribution >= 0.6 is 56.9 Å². The summed E-state index contributed by atoms with van der Waals surface area (Å²) in [7, 11) is 0. The number of thioether (sulfide) groups is 1. The molecule has 0 N–H and O–H groups in total. The number of nitrogens with zero attached hydrogens (tertiary/aromatic N) is 1. The Morgan fingerprint density at radius 2 is 1.68 bits per heavy atom. The van der Waals surface area contributed by atoms with E-state index in [4.69, 9.17) is 9.47 Å². The molecule has 1 fully saturated rings. The van der Waals surface area contributed by atoms with E-state index in [1.54, 1.807) is 6.08 Å². The lowest BCUT2D eigenvalue weighted by molar-refractivity contribution is -0.123. The Bertz CT molecular complexity index is 1550. The Hall–Kier alpha value is -2.57. The van der Waals surface area contributed by atoms with Gasteiger partial charge in [-0.3, -0.25) is 14.5 Å². The molecule has 0 spiro atoms. The Morgan fingerprint density at radius 3 is 2.47 bits per heavy atom. The minimum atomic E-state index is -0.289. The molecule has 4 aromatic rings. The van der Waals surface area contributed by atoms with Crippen LogP contribution in [0.1, 0.15) is 23.6 Å². The van der Waals surface area contributed by atoms with E-state index in [1.165, 1.54) is 10.3 Å². The molecule has 0 aromatic heterocycles. The number of halogens is 2. The van der Waals surface area contributed by atoms with Gasteiger partial charge in [0, 0.05) is 3.57 Å². The maximum absolute atomic E-state index is 13.1. The summed E-state index contributed by atoms with van der Waals surface area (Å²) in [5.41, 5.74) is 2.78. The number of amides is 2. The van der Waals surface area contributed by atoms with Crippen LogP contribution in [-0.4, -0.2) is 22.7 Å². The summed E-state index contributed by atoms with van der Waals surface area (Å²) in [6, 6.07) is 26.0. The van der Waals surface area contributed by atoms with E-state index in [2.05, 4.69) is 69.4 Å². The number of hydrogen-bond acceptors (Lipinski definition) is 5. The molecular weight excluding hydrogens is 724 g/mol. The Labute approximate surface area is 252 Å². The Kier molecular flexibility index (Phi) is 8.59. The van der Waals surface area contributed by atoms with Gasteiger partial charge in [-0.05, 0) is 122 Å². The van der Waals surface area contributed by atoms with Gasteiger partial charge in [-0.2, -0.15) is 0 Å². The highest BCUT2D eigenvalue weighted by atomic mass is 127. The first-order chi connectivity index (χ1) is 18.4. The lowest BCUT2D eigenvalue weighted by atomic mass is 10.1. The summed E-state index contributed by atoms with van der Waals surface area (Å²) < 4.78 is 14.2. The second kappa shape index (κ2) is 12.1.